The van der Waals surface area contributed by atoms with E-state index in [2.05, 4.69) is 20.2 Å². The van der Waals surface area contributed by atoms with Crippen molar-refractivity contribution in [3.05, 3.63) is 42.1 Å². The number of nitrogens with zero attached hydrogens (tertiary/aromatic N) is 1. The van der Waals surface area contributed by atoms with E-state index in [0.717, 1.165) is 0 Å². The zero-order valence-electron chi connectivity index (χ0n) is 11.7. The van der Waals surface area contributed by atoms with E-state index in [0.29, 0.717) is 17.9 Å². The van der Waals surface area contributed by atoms with E-state index in [1.165, 1.54) is 6.20 Å². The first-order chi connectivity index (χ1) is 10.1. The zero-order valence-corrected chi connectivity index (χ0v) is 12.5. The summed E-state index contributed by atoms with van der Waals surface area (Å²) in [6.07, 6.45) is 1.49. The van der Waals surface area contributed by atoms with Crippen LogP contribution in [0, 0.1) is 0 Å². The second-order valence-electron chi connectivity index (χ2n) is 4.31. The molecule has 1 heterocycles. The maximum absolute atomic E-state index is 12.1. The first-order valence-electron chi connectivity index (χ1n) is 6.48. The van der Waals surface area contributed by atoms with E-state index in [4.69, 9.17) is 4.74 Å². The van der Waals surface area contributed by atoms with Gasteiger partial charge in [-0.15, -0.1) is 0 Å². The smallest absolute Gasteiger partial charge is 0.257 e. The highest BCUT2D eigenvalue weighted by Gasteiger charge is 2.19. The number of sulfonamides is 1. The lowest BCUT2D eigenvalue weighted by Gasteiger charge is -2.08. The van der Waals surface area contributed by atoms with Crippen LogP contribution in [0.3, 0.4) is 0 Å². The number of ether oxygens (including phenoxy) is 1. The Bertz CT molecular complexity index is 655. The maximum Gasteiger partial charge on any atom is 0.257 e. The Morgan fingerprint density at radius 2 is 2.05 bits per heavy atom. The topological polar surface area (TPSA) is 96.1 Å². The minimum absolute atomic E-state index is 0.0801. The highest BCUT2D eigenvalue weighted by atomic mass is 32.2. The molecule has 0 radical (unpaired) electrons. The number of aromatic nitrogens is 2. The maximum atomic E-state index is 12.1. The summed E-state index contributed by atoms with van der Waals surface area (Å²) in [6.45, 7) is 0.848. The van der Waals surface area contributed by atoms with Crippen LogP contribution in [-0.2, 0) is 16.6 Å². The average Bonchev–Trinajstić information content (AvgIpc) is 2.94. The summed E-state index contributed by atoms with van der Waals surface area (Å²) in [5.41, 5.74) is 0.592. The largest absolute Gasteiger partial charge is 0.492 e. The van der Waals surface area contributed by atoms with Crippen molar-refractivity contribution in [3.63, 3.8) is 0 Å². The molecule has 0 aliphatic heterocycles. The molecule has 0 aliphatic rings. The summed E-state index contributed by atoms with van der Waals surface area (Å²) >= 11 is 0. The summed E-state index contributed by atoms with van der Waals surface area (Å²) < 4.78 is 32.2. The van der Waals surface area contributed by atoms with E-state index in [1.807, 2.05) is 30.3 Å². The Kier molecular flexibility index (Phi) is 5.32. The Labute approximate surface area is 123 Å². The number of benzene rings is 1. The van der Waals surface area contributed by atoms with E-state index < -0.39 is 10.0 Å². The van der Waals surface area contributed by atoms with E-state index >= 15 is 0 Å². The predicted molar refractivity (Wildman–Crippen MR) is 78.5 cm³/mol. The van der Waals surface area contributed by atoms with Crippen molar-refractivity contribution in [3.8, 4) is 5.75 Å². The van der Waals surface area contributed by atoms with Crippen molar-refractivity contribution in [1.82, 2.24) is 20.2 Å². The number of aromatic amines is 1. The van der Waals surface area contributed by atoms with Crippen molar-refractivity contribution in [1.29, 1.82) is 0 Å². The van der Waals surface area contributed by atoms with Gasteiger partial charge in [-0.2, -0.15) is 5.10 Å². The fourth-order valence-corrected chi connectivity index (χ4v) is 2.92. The van der Waals surface area contributed by atoms with Crippen molar-refractivity contribution in [2.45, 2.75) is 11.6 Å². The van der Waals surface area contributed by atoms with Crippen molar-refractivity contribution in [2.75, 3.05) is 20.2 Å². The van der Waals surface area contributed by atoms with Crippen LogP contribution in [0.4, 0.5) is 0 Å². The Balaban J connectivity index is 1.88. The van der Waals surface area contributed by atoms with Gasteiger partial charge in [-0.25, -0.2) is 13.1 Å². The summed E-state index contributed by atoms with van der Waals surface area (Å²) in [7, 11) is -1.87. The molecule has 2 rings (SSSR count). The Morgan fingerprint density at radius 3 is 2.76 bits per heavy atom. The predicted octanol–water partition coefficient (Wildman–Crippen LogP) is 0.486. The lowest BCUT2D eigenvalue weighted by atomic mass is 10.3. The minimum Gasteiger partial charge on any atom is -0.492 e. The SMILES string of the molecule is CNCc1cn[nH]c1S(=O)(=O)NCCOc1ccccc1. The Hall–Kier alpha value is -1.90. The van der Waals surface area contributed by atoms with Crippen LogP contribution in [0.15, 0.2) is 41.6 Å². The number of H-pyrrole nitrogens is 1. The van der Waals surface area contributed by atoms with Gasteiger partial charge in [0.15, 0.2) is 5.03 Å². The summed E-state index contributed by atoms with van der Waals surface area (Å²) in [5.74, 6) is 0.703. The van der Waals surface area contributed by atoms with Gasteiger partial charge in [-0.1, -0.05) is 18.2 Å². The van der Waals surface area contributed by atoms with Gasteiger partial charge in [0.2, 0.25) is 0 Å². The third-order valence-electron chi connectivity index (χ3n) is 2.72. The first-order valence-corrected chi connectivity index (χ1v) is 7.96. The fourth-order valence-electron chi connectivity index (χ4n) is 1.78. The molecule has 1 aromatic carbocycles. The molecule has 0 aliphatic carbocycles. The monoisotopic (exact) mass is 310 g/mol. The van der Waals surface area contributed by atoms with Gasteiger partial charge in [0.05, 0.1) is 6.20 Å². The van der Waals surface area contributed by atoms with E-state index in [1.54, 1.807) is 7.05 Å². The van der Waals surface area contributed by atoms with Crippen LogP contribution >= 0.6 is 0 Å². The average molecular weight is 310 g/mol. The lowest BCUT2D eigenvalue weighted by Crippen LogP contribution is -2.29. The molecule has 0 fully saturated rings. The van der Waals surface area contributed by atoms with Crippen LogP contribution < -0.4 is 14.8 Å². The Morgan fingerprint density at radius 1 is 1.29 bits per heavy atom. The molecule has 0 amide bonds. The van der Waals surface area contributed by atoms with Gasteiger partial charge >= 0.3 is 0 Å². The molecular formula is C13H18N4O3S. The van der Waals surface area contributed by atoms with Gasteiger partial charge in [0.1, 0.15) is 12.4 Å². The molecule has 2 aromatic rings. The van der Waals surface area contributed by atoms with E-state index in [-0.39, 0.29) is 18.2 Å². The quantitative estimate of drug-likeness (QED) is 0.617. The molecule has 3 N–H and O–H groups in total. The summed E-state index contributed by atoms with van der Waals surface area (Å²) in [5, 5.41) is 9.25. The van der Waals surface area contributed by atoms with Gasteiger partial charge < -0.3 is 10.1 Å². The highest BCUT2D eigenvalue weighted by molar-refractivity contribution is 7.89. The van der Waals surface area contributed by atoms with Gasteiger partial charge in [-0.3, -0.25) is 5.10 Å². The molecule has 21 heavy (non-hydrogen) atoms. The van der Waals surface area contributed by atoms with Gasteiger partial charge in [-0.05, 0) is 19.2 Å². The number of hydrogen-bond donors (Lipinski definition) is 3. The zero-order chi connectivity index (χ0) is 15.1. The fraction of sp³-hybridized carbons (Fsp3) is 0.308. The van der Waals surface area contributed by atoms with Crippen LogP contribution in [0.2, 0.25) is 0 Å². The summed E-state index contributed by atoms with van der Waals surface area (Å²) in [4.78, 5) is 0. The van der Waals surface area contributed by atoms with Crippen molar-refractivity contribution < 1.29 is 13.2 Å². The van der Waals surface area contributed by atoms with Crippen LogP contribution in [0.5, 0.6) is 5.75 Å². The van der Waals surface area contributed by atoms with E-state index in [9.17, 15) is 8.42 Å². The highest BCUT2D eigenvalue weighted by Crippen LogP contribution is 2.11. The minimum atomic E-state index is -3.61. The molecule has 114 valence electrons. The molecule has 0 spiro atoms. The van der Waals surface area contributed by atoms with Gasteiger partial charge in [0, 0.05) is 18.7 Å². The molecular weight excluding hydrogens is 292 g/mol. The van der Waals surface area contributed by atoms with Crippen LogP contribution in [0.25, 0.3) is 0 Å². The molecule has 0 bridgehead atoms. The third kappa shape index (κ3) is 4.28. The second-order valence-corrected chi connectivity index (χ2v) is 6.02. The molecule has 0 unspecified atom stereocenters. The molecule has 0 saturated heterocycles. The van der Waals surface area contributed by atoms with Crippen molar-refractivity contribution in [2.24, 2.45) is 0 Å². The first kappa shape index (κ1) is 15.5. The molecule has 0 saturated carbocycles. The number of para-hydroxylation sites is 1. The van der Waals surface area contributed by atoms with Crippen LogP contribution in [0.1, 0.15) is 5.56 Å². The number of rotatable bonds is 8. The van der Waals surface area contributed by atoms with Gasteiger partial charge in [0.25, 0.3) is 10.0 Å². The molecule has 7 nitrogen and oxygen atoms in total. The lowest BCUT2D eigenvalue weighted by molar-refractivity contribution is 0.323. The number of nitrogens with one attached hydrogen (secondary N) is 3. The molecule has 0 atom stereocenters. The van der Waals surface area contributed by atoms with Crippen LogP contribution in [-0.4, -0.2) is 38.8 Å². The third-order valence-corrected chi connectivity index (χ3v) is 4.20. The normalized spacial score (nSPS) is 11.5. The summed E-state index contributed by atoms with van der Waals surface area (Å²) in [6, 6.07) is 9.22. The number of hydrogen-bond acceptors (Lipinski definition) is 5. The van der Waals surface area contributed by atoms with Crippen molar-refractivity contribution >= 4 is 10.0 Å². The second kappa shape index (κ2) is 7.21. The molecule has 8 heteroatoms. The standard InChI is InChI=1S/C13H18N4O3S/c1-14-9-11-10-15-17-13(11)21(18,19)16-7-8-20-12-5-3-2-4-6-12/h2-6,10,14,16H,7-9H2,1H3,(H,15,17). The molecule has 1 aromatic heterocycles.